The van der Waals surface area contributed by atoms with E-state index in [1.807, 2.05) is 12.1 Å². The van der Waals surface area contributed by atoms with Crippen molar-refractivity contribution in [2.75, 3.05) is 0 Å². The largest absolute Gasteiger partial charge is 0.366 e. The van der Waals surface area contributed by atoms with E-state index in [9.17, 15) is 4.79 Å². The quantitative estimate of drug-likeness (QED) is 0.719. The average Bonchev–Trinajstić information content (AvgIpc) is 2.41. The first-order valence-electron chi connectivity index (χ1n) is 4.87. The van der Waals surface area contributed by atoms with E-state index >= 15 is 0 Å². The highest BCUT2D eigenvalue weighted by molar-refractivity contribution is 5.97. The summed E-state index contributed by atoms with van der Waals surface area (Å²) < 4.78 is 0. The van der Waals surface area contributed by atoms with Crippen LogP contribution in [0.25, 0.3) is 6.08 Å². The topological polar surface area (TPSA) is 43.1 Å². The lowest BCUT2D eigenvalue weighted by Gasteiger charge is -2.06. The second-order valence-electron chi connectivity index (χ2n) is 3.54. The van der Waals surface area contributed by atoms with Crippen LogP contribution in [-0.4, -0.2) is 5.91 Å². The van der Waals surface area contributed by atoms with Crippen molar-refractivity contribution in [1.82, 2.24) is 0 Å². The normalized spacial score (nSPS) is 14.6. The zero-order valence-corrected chi connectivity index (χ0v) is 7.99. The Morgan fingerprint density at radius 3 is 3.00 bits per heavy atom. The highest BCUT2D eigenvalue weighted by atomic mass is 16.1. The molecule has 2 heteroatoms. The molecule has 72 valence electrons. The third-order valence-corrected chi connectivity index (χ3v) is 2.56. The Labute approximate surface area is 83.4 Å². The molecular weight excluding hydrogens is 174 g/mol. The van der Waals surface area contributed by atoms with Gasteiger partial charge in [0.15, 0.2) is 0 Å². The highest BCUT2D eigenvalue weighted by Crippen LogP contribution is 2.21. The zero-order chi connectivity index (χ0) is 9.97. The Bertz CT molecular complexity index is 393. The van der Waals surface area contributed by atoms with Crippen molar-refractivity contribution in [1.29, 1.82) is 0 Å². The van der Waals surface area contributed by atoms with Crippen molar-refractivity contribution in [3.63, 3.8) is 0 Å². The summed E-state index contributed by atoms with van der Waals surface area (Å²) in [7, 11) is 0. The third-order valence-electron chi connectivity index (χ3n) is 2.56. The summed E-state index contributed by atoms with van der Waals surface area (Å²) >= 11 is 0. The Hall–Kier alpha value is -1.57. The van der Waals surface area contributed by atoms with Gasteiger partial charge in [0, 0.05) is 5.56 Å². The summed E-state index contributed by atoms with van der Waals surface area (Å²) in [5, 5.41) is 0. The summed E-state index contributed by atoms with van der Waals surface area (Å²) in [5.74, 6) is -0.339. The maximum Gasteiger partial charge on any atom is 0.249 e. The molecule has 0 atom stereocenters. The fourth-order valence-electron chi connectivity index (χ4n) is 1.85. The van der Waals surface area contributed by atoms with Gasteiger partial charge in [-0.05, 0) is 36.5 Å². The van der Waals surface area contributed by atoms with E-state index < -0.39 is 0 Å². The number of allylic oxidation sites excluding steroid dienone is 1. The van der Waals surface area contributed by atoms with Gasteiger partial charge < -0.3 is 5.73 Å². The van der Waals surface area contributed by atoms with Crippen LogP contribution in [-0.2, 0) is 6.42 Å². The number of rotatable bonds is 1. The van der Waals surface area contributed by atoms with E-state index in [1.165, 1.54) is 5.56 Å². The predicted octanol–water partition coefficient (Wildman–Crippen LogP) is 2.13. The summed E-state index contributed by atoms with van der Waals surface area (Å²) in [6.45, 7) is 0. The Kier molecular flexibility index (Phi) is 2.35. The predicted molar refractivity (Wildman–Crippen MR) is 56.9 cm³/mol. The number of carbonyl (C=O) groups is 1. The summed E-state index contributed by atoms with van der Waals surface area (Å²) in [6.07, 6.45) is 7.38. The van der Waals surface area contributed by atoms with E-state index in [0.717, 1.165) is 24.8 Å². The van der Waals surface area contributed by atoms with Gasteiger partial charge in [0.05, 0.1) is 0 Å². The molecule has 0 heterocycles. The van der Waals surface area contributed by atoms with E-state index in [2.05, 4.69) is 12.1 Å². The first-order valence-corrected chi connectivity index (χ1v) is 4.87. The van der Waals surface area contributed by atoms with Gasteiger partial charge in [-0.2, -0.15) is 0 Å². The van der Waals surface area contributed by atoms with Gasteiger partial charge in [0.2, 0.25) is 5.91 Å². The van der Waals surface area contributed by atoms with Crippen LogP contribution in [0.2, 0.25) is 0 Å². The lowest BCUT2D eigenvalue weighted by Crippen LogP contribution is -2.13. The number of benzene rings is 1. The molecule has 0 bridgehead atoms. The average molecular weight is 187 g/mol. The van der Waals surface area contributed by atoms with Crippen molar-refractivity contribution in [2.24, 2.45) is 5.73 Å². The molecule has 0 saturated carbocycles. The molecule has 2 nitrogen and oxygen atoms in total. The smallest absolute Gasteiger partial charge is 0.249 e. The molecule has 0 saturated heterocycles. The van der Waals surface area contributed by atoms with Gasteiger partial charge in [-0.15, -0.1) is 0 Å². The minimum atomic E-state index is -0.339. The van der Waals surface area contributed by atoms with E-state index in [1.54, 1.807) is 6.07 Å². The Morgan fingerprint density at radius 2 is 2.21 bits per heavy atom. The van der Waals surface area contributed by atoms with Crippen LogP contribution < -0.4 is 5.73 Å². The number of amides is 1. The van der Waals surface area contributed by atoms with Gasteiger partial charge in [-0.3, -0.25) is 4.79 Å². The van der Waals surface area contributed by atoms with Crippen molar-refractivity contribution in [2.45, 2.75) is 19.3 Å². The van der Waals surface area contributed by atoms with Crippen LogP contribution in [0.1, 0.15) is 34.3 Å². The molecule has 0 spiro atoms. The molecule has 0 fully saturated rings. The first kappa shape index (κ1) is 9.00. The summed E-state index contributed by atoms with van der Waals surface area (Å²) in [6, 6.07) is 5.76. The molecule has 0 aromatic heterocycles. The highest BCUT2D eigenvalue weighted by Gasteiger charge is 2.11. The van der Waals surface area contributed by atoms with Crippen LogP contribution in [0, 0.1) is 0 Å². The van der Waals surface area contributed by atoms with Crippen molar-refractivity contribution >= 4 is 12.0 Å². The minimum Gasteiger partial charge on any atom is -0.366 e. The first-order chi connectivity index (χ1) is 6.79. The van der Waals surface area contributed by atoms with E-state index in [4.69, 9.17) is 5.73 Å². The third kappa shape index (κ3) is 1.55. The maximum absolute atomic E-state index is 11.2. The zero-order valence-electron chi connectivity index (χ0n) is 7.99. The van der Waals surface area contributed by atoms with Gasteiger partial charge >= 0.3 is 0 Å². The monoisotopic (exact) mass is 187 g/mol. The second-order valence-corrected chi connectivity index (χ2v) is 3.54. The summed E-state index contributed by atoms with van der Waals surface area (Å²) in [4.78, 5) is 11.2. The van der Waals surface area contributed by atoms with Crippen molar-refractivity contribution in [3.05, 3.63) is 41.0 Å². The molecular formula is C12H13NO. The van der Waals surface area contributed by atoms with E-state index in [0.29, 0.717) is 5.56 Å². The molecule has 14 heavy (non-hydrogen) atoms. The molecule has 0 unspecified atom stereocenters. The van der Waals surface area contributed by atoms with Crippen molar-refractivity contribution < 1.29 is 4.79 Å². The number of primary amides is 1. The Balaban J connectivity index is 2.57. The van der Waals surface area contributed by atoms with Crippen LogP contribution in [0.5, 0.6) is 0 Å². The number of aryl methyl sites for hydroxylation is 1. The molecule has 1 aliphatic rings. The van der Waals surface area contributed by atoms with Crippen LogP contribution >= 0.6 is 0 Å². The SMILES string of the molecule is NC(=O)c1cccc2c1C=CCCC2. The minimum absolute atomic E-state index is 0.339. The molecule has 2 rings (SSSR count). The fraction of sp³-hybridized carbons (Fsp3) is 0.250. The molecule has 2 N–H and O–H groups in total. The molecule has 1 amide bonds. The Morgan fingerprint density at radius 1 is 1.36 bits per heavy atom. The van der Waals surface area contributed by atoms with Crippen LogP contribution in [0.3, 0.4) is 0 Å². The summed E-state index contributed by atoms with van der Waals surface area (Å²) in [5.41, 5.74) is 8.20. The molecule has 1 aromatic carbocycles. The number of nitrogens with two attached hydrogens (primary N) is 1. The lowest BCUT2D eigenvalue weighted by atomic mass is 9.99. The van der Waals surface area contributed by atoms with Gasteiger partial charge in [-0.1, -0.05) is 24.3 Å². The van der Waals surface area contributed by atoms with Crippen LogP contribution in [0.15, 0.2) is 24.3 Å². The number of hydrogen-bond donors (Lipinski definition) is 1. The lowest BCUT2D eigenvalue weighted by molar-refractivity contribution is 0.1000. The van der Waals surface area contributed by atoms with Crippen molar-refractivity contribution in [3.8, 4) is 0 Å². The van der Waals surface area contributed by atoms with Gasteiger partial charge in [-0.25, -0.2) is 0 Å². The van der Waals surface area contributed by atoms with E-state index in [-0.39, 0.29) is 5.91 Å². The second kappa shape index (κ2) is 3.66. The molecule has 0 aliphatic heterocycles. The fourth-order valence-corrected chi connectivity index (χ4v) is 1.85. The number of hydrogen-bond acceptors (Lipinski definition) is 1. The molecule has 1 aromatic rings. The standard InChI is InChI=1S/C12H13NO/c13-12(14)11-8-4-6-9-5-2-1-3-7-10(9)11/h3-4,6-8H,1-2,5H2,(H2,13,14). The van der Waals surface area contributed by atoms with Gasteiger partial charge in [0.1, 0.15) is 0 Å². The van der Waals surface area contributed by atoms with Crippen LogP contribution in [0.4, 0.5) is 0 Å². The number of fused-ring (bicyclic) bond motifs is 1. The maximum atomic E-state index is 11.2. The molecule has 0 radical (unpaired) electrons. The number of carbonyl (C=O) groups excluding carboxylic acids is 1. The molecule has 1 aliphatic carbocycles. The van der Waals surface area contributed by atoms with Gasteiger partial charge in [0.25, 0.3) is 0 Å².